The van der Waals surface area contributed by atoms with Crippen LogP contribution >= 0.6 is 0 Å². The van der Waals surface area contributed by atoms with Crippen molar-refractivity contribution in [2.45, 2.75) is 51.9 Å². The van der Waals surface area contributed by atoms with Crippen LogP contribution in [0.5, 0.6) is 0 Å². The summed E-state index contributed by atoms with van der Waals surface area (Å²) in [6.07, 6.45) is 16.4. The van der Waals surface area contributed by atoms with Crippen molar-refractivity contribution in [2.75, 3.05) is 13.6 Å². The molecular weight excluding hydrogens is 426 g/mol. The van der Waals surface area contributed by atoms with Crippen molar-refractivity contribution < 1.29 is 0 Å². The molecule has 1 aromatic rings. The van der Waals surface area contributed by atoms with Crippen molar-refractivity contribution in [3.05, 3.63) is 106 Å². The van der Waals surface area contributed by atoms with E-state index < -0.39 is 0 Å². The first-order valence-electron chi connectivity index (χ1n) is 13.6. The van der Waals surface area contributed by atoms with Crippen molar-refractivity contribution in [2.24, 2.45) is 23.7 Å². The number of nitrogens with zero attached hydrogens (tertiary/aromatic N) is 3. The molecule has 0 N–H and O–H groups in total. The van der Waals surface area contributed by atoms with Crippen LogP contribution in [-0.2, 0) is 6.54 Å². The highest BCUT2D eigenvalue weighted by Gasteiger charge is 2.60. The zero-order valence-corrected chi connectivity index (χ0v) is 21.1. The summed E-state index contributed by atoms with van der Waals surface area (Å²) in [4.78, 5) is 8.11. The molecule has 0 saturated heterocycles. The summed E-state index contributed by atoms with van der Waals surface area (Å²) in [7, 11) is 2.33. The second kappa shape index (κ2) is 7.06. The molecule has 0 aromatic heterocycles. The van der Waals surface area contributed by atoms with Gasteiger partial charge in [0, 0.05) is 49.4 Å². The number of hydrogen-bond donors (Lipinski definition) is 0. The molecule has 1 fully saturated rings. The molecule has 1 saturated carbocycles. The predicted octanol–water partition coefficient (Wildman–Crippen LogP) is 5.99. The van der Waals surface area contributed by atoms with Gasteiger partial charge in [0.15, 0.2) is 0 Å². The minimum atomic E-state index is 0.391. The third kappa shape index (κ3) is 2.67. The summed E-state index contributed by atoms with van der Waals surface area (Å²) in [6.45, 7) is 6.84. The van der Waals surface area contributed by atoms with Crippen LogP contribution in [0, 0.1) is 23.7 Å². The molecule has 3 aliphatic heterocycles. The summed E-state index contributed by atoms with van der Waals surface area (Å²) in [5.74, 6) is 2.76. The number of likely N-dealkylation sites (N-methyl/N-ethyl adjacent to an activating group) is 1. The van der Waals surface area contributed by atoms with Gasteiger partial charge in [-0.1, -0.05) is 60.2 Å². The average molecular weight is 462 g/mol. The van der Waals surface area contributed by atoms with E-state index in [9.17, 15) is 0 Å². The van der Waals surface area contributed by atoms with Crippen molar-refractivity contribution in [1.29, 1.82) is 0 Å². The molecule has 0 spiro atoms. The SMILES string of the molecule is CC1=CC2=C(C3C1C1=C(C4CC43)N(C)C(C)C=C1)C1N(C2)C2=C(CCC=C2)N1Cc1ccccc1. The van der Waals surface area contributed by atoms with Gasteiger partial charge in [-0.2, -0.15) is 0 Å². The first-order chi connectivity index (χ1) is 17.1. The van der Waals surface area contributed by atoms with E-state index in [1.165, 1.54) is 24.1 Å². The highest BCUT2D eigenvalue weighted by Crippen LogP contribution is 2.65. The number of fused-ring (bicyclic) bond motifs is 9. The van der Waals surface area contributed by atoms with Crippen LogP contribution in [0.4, 0.5) is 0 Å². The summed E-state index contributed by atoms with van der Waals surface area (Å²) in [6, 6.07) is 11.6. The Hall–Kier alpha value is -2.94. The van der Waals surface area contributed by atoms with Gasteiger partial charge in [0.1, 0.15) is 6.17 Å². The van der Waals surface area contributed by atoms with Gasteiger partial charge in [0.25, 0.3) is 0 Å². The van der Waals surface area contributed by atoms with Gasteiger partial charge in [0.05, 0.1) is 5.70 Å². The van der Waals surface area contributed by atoms with E-state index >= 15 is 0 Å². The fourth-order valence-electron chi connectivity index (χ4n) is 8.35. The predicted molar refractivity (Wildman–Crippen MR) is 141 cm³/mol. The van der Waals surface area contributed by atoms with E-state index in [0.29, 0.717) is 24.0 Å². The van der Waals surface area contributed by atoms with Gasteiger partial charge in [-0.3, -0.25) is 0 Å². The van der Waals surface area contributed by atoms with Crippen molar-refractivity contribution in [3.63, 3.8) is 0 Å². The van der Waals surface area contributed by atoms with Gasteiger partial charge in [-0.15, -0.1) is 0 Å². The Labute approximate surface area is 209 Å². The van der Waals surface area contributed by atoms with E-state index in [1.807, 2.05) is 0 Å². The van der Waals surface area contributed by atoms with Crippen LogP contribution < -0.4 is 0 Å². The maximum atomic E-state index is 2.79. The highest BCUT2D eigenvalue weighted by molar-refractivity contribution is 5.56. The molecule has 3 heteroatoms. The molecule has 3 heterocycles. The fraction of sp³-hybridized carbons (Fsp3) is 0.438. The molecule has 6 unspecified atom stereocenters. The smallest absolute Gasteiger partial charge is 0.125 e. The third-order valence-electron chi connectivity index (χ3n) is 9.99. The lowest BCUT2D eigenvalue weighted by atomic mass is 9.65. The molecule has 35 heavy (non-hydrogen) atoms. The van der Waals surface area contributed by atoms with E-state index in [0.717, 1.165) is 31.3 Å². The Bertz CT molecular complexity index is 1310. The van der Waals surface area contributed by atoms with Gasteiger partial charge in [0.2, 0.25) is 0 Å². The quantitative estimate of drug-likeness (QED) is 0.536. The van der Waals surface area contributed by atoms with Crippen LogP contribution in [0.2, 0.25) is 0 Å². The standard InChI is InChI=1S/C32H35N3/c1-19-15-22-18-35-27-12-8-7-11-26(27)34(17-21-9-5-4-6-10-21)32(35)29(22)30-24-16-25(24)31-23(28(19)30)14-13-20(2)33(31)3/h4-6,8-10,12-15,20,24-25,28,30,32H,7,11,16-18H2,1-3H3. The number of rotatable bonds is 2. The molecule has 3 nitrogen and oxygen atoms in total. The van der Waals surface area contributed by atoms with Crippen molar-refractivity contribution in [1.82, 2.24) is 14.7 Å². The summed E-state index contributed by atoms with van der Waals surface area (Å²) in [5, 5.41) is 0. The molecule has 0 radical (unpaired) electrons. The van der Waals surface area contributed by atoms with Crippen molar-refractivity contribution in [3.8, 4) is 0 Å². The Morgan fingerprint density at radius 2 is 1.94 bits per heavy atom. The molecule has 178 valence electrons. The Balaban J connectivity index is 1.24. The minimum absolute atomic E-state index is 0.391. The largest absolute Gasteiger partial charge is 0.371 e. The second-order valence-corrected chi connectivity index (χ2v) is 11.8. The topological polar surface area (TPSA) is 9.72 Å². The summed E-state index contributed by atoms with van der Waals surface area (Å²) in [5.41, 5.74) is 12.7. The number of benzene rings is 1. The van der Waals surface area contributed by atoms with E-state index in [1.54, 1.807) is 33.7 Å². The minimum Gasteiger partial charge on any atom is -0.371 e. The fourth-order valence-corrected chi connectivity index (χ4v) is 8.35. The van der Waals surface area contributed by atoms with E-state index in [4.69, 9.17) is 0 Å². The average Bonchev–Trinajstić information content (AvgIpc) is 3.51. The zero-order chi connectivity index (χ0) is 23.4. The number of hydrogen-bond acceptors (Lipinski definition) is 3. The lowest BCUT2D eigenvalue weighted by Gasteiger charge is -2.45. The van der Waals surface area contributed by atoms with Gasteiger partial charge >= 0.3 is 0 Å². The van der Waals surface area contributed by atoms with E-state index in [2.05, 4.69) is 96.3 Å². The van der Waals surface area contributed by atoms with E-state index in [-0.39, 0.29) is 0 Å². The van der Waals surface area contributed by atoms with Crippen LogP contribution in [0.25, 0.3) is 0 Å². The van der Waals surface area contributed by atoms with Gasteiger partial charge in [-0.05, 0) is 73.3 Å². The molecule has 1 aromatic carbocycles. The summed E-state index contributed by atoms with van der Waals surface area (Å²) < 4.78 is 0. The van der Waals surface area contributed by atoms with Crippen LogP contribution in [0.15, 0.2) is 100 Å². The maximum Gasteiger partial charge on any atom is 0.125 e. The second-order valence-electron chi connectivity index (χ2n) is 11.8. The van der Waals surface area contributed by atoms with Crippen LogP contribution in [0.1, 0.15) is 38.7 Å². The Kier molecular flexibility index (Phi) is 4.09. The normalized spacial score (nSPS) is 36.1. The lowest BCUT2D eigenvalue weighted by molar-refractivity contribution is 0.169. The zero-order valence-electron chi connectivity index (χ0n) is 21.1. The molecule has 4 aliphatic carbocycles. The first-order valence-corrected chi connectivity index (χ1v) is 13.6. The molecule has 0 bridgehead atoms. The van der Waals surface area contributed by atoms with Crippen LogP contribution in [-0.4, -0.2) is 40.5 Å². The molecular formula is C32H35N3. The molecule has 0 amide bonds. The Morgan fingerprint density at radius 1 is 1.09 bits per heavy atom. The first kappa shape index (κ1) is 20.3. The molecule has 7 aliphatic rings. The lowest BCUT2D eigenvalue weighted by Crippen LogP contribution is -2.44. The summed E-state index contributed by atoms with van der Waals surface area (Å²) >= 11 is 0. The third-order valence-corrected chi connectivity index (χ3v) is 9.99. The van der Waals surface area contributed by atoms with Gasteiger partial charge < -0.3 is 14.7 Å². The van der Waals surface area contributed by atoms with Crippen molar-refractivity contribution >= 4 is 0 Å². The molecule has 8 rings (SSSR count). The highest BCUT2D eigenvalue weighted by atomic mass is 15.4. The van der Waals surface area contributed by atoms with Gasteiger partial charge in [-0.25, -0.2) is 0 Å². The Morgan fingerprint density at radius 3 is 2.80 bits per heavy atom. The van der Waals surface area contributed by atoms with Crippen LogP contribution in [0.3, 0.4) is 0 Å². The molecule has 6 atom stereocenters. The number of allylic oxidation sites excluding steroid dienone is 7. The maximum absolute atomic E-state index is 2.79. The monoisotopic (exact) mass is 461 g/mol.